The minimum Gasteiger partial charge on any atom is -0.333 e. The van der Waals surface area contributed by atoms with E-state index in [0.717, 1.165) is 5.56 Å². The van der Waals surface area contributed by atoms with Gasteiger partial charge in [0.05, 0.1) is 5.57 Å². The third-order valence-corrected chi connectivity index (χ3v) is 5.74. The van der Waals surface area contributed by atoms with Crippen LogP contribution in [-0.2, 0) is 11.5 Å². The molecule has 6 nitrogen and oxygen atoms in total. The summed E-state index contributed by atoms with van der Waals surface area (Å²) in [6, 6.07) is 13.5. The predicted molar refractivity (Wildman–Crippen MR) is 101 cm³/mol. The first kappa shape index (κ1) is 16.0. The molecule has 27 heavy (non-hydrogen) atoms. The summed E-state index contributed by atoms with van der Waals surface area (Å²) < 4.78 is 15.4. The second kappa shape index (κ2) is 5.88. The lowest BCUT2D eigenvalue weighted by Crippen LogP contribution is -2.43. The predicted octanol–water partition coefficient (Wildman–Crippen LogP) is 1.25. The standard InChI is InChI=1S/C19H13FN4O2S/c20-11-4-3-5-12(8-11)23-9-21-19-24(10-23)18(26)16(27-19)15-13-6-1-2-7-14(13)22-17(15)25/h1-8H,9-10H2,(H,22,25)/b16-15+. The highest BCUT2D eigenvalue weighted by Gasteiger charge is 2.27. The molecule has 0 atom stereocenters. The van der Waals surface area contributed by atoms with Crippen molar-refractivity contribution in [2.45, 2.75) is 6.67 Å². The second-order valence-electron chi connectivity index (χ2n) is 6.28. The lowest BCUT2D eigenvalue weighted by molar-refractivity contribution is -0.110. The van der Waals surface area contributed by atoms with Crippen molar-refractivity contribution in [3.63, 3.8) is 0 Å². The number of thiazole rings is 1. The number of nitrogens with zero attached hydrogens (tertiary/aromatic N) is 3. The molecule has 0 radical (unpaired) electrons. The van der Waals surface area contributed by atoms with Gasteiger partial charge in [0.25, 0.3) is 11.5 Å². The number of aromatic nitrogens is 1. The molecule has 0 saturated carbocycles. The van der Waals surface area contributed by atoms with Crippen molar-refractivity contribution >= 4 is 34.2 Å². The third-order valence-electron chi connectivity index (χ3n) is 4.62. The summed E-state index contributed by atoms with van der Waals surface area (Å²) in [5.41, 5.74) is 2.20. The highest BCUT2D eigenvalue weighted by Crippen LogP contribution is 2.29. The Bertz CT molecular complexity index is 1280. The van der Waals surface area contributed by atoms with Crippen molar-refractivity contribution in [3.8, 4) is 0 Å². The number of amides is 1. The third kappa shape index (κ3) is 2.48. The summed E-state index contributed by atoms with van der Waals surface area (Å²) in [5.74, 6) is -0.624. The maximum Gasteiger partial charge on any atom is 0.272 e. The molecule has 2 aromatic carbocycles. The van der Waals surface area contributed by atoms with Crippen LogP contribution >= 0.6 is 11.3 Å². The van der Waals surface area contributed by atoms with Crippen molar-refractivity contribution in [2.24, 2.45) is 4.99 Å². The first-order valence-electron chi connectivity index (χ1n) is 8.31. The Morgan fingerprint density at radius 1 is 1.11 bits per heavy atom. The fourth-order valence-corrected chi connectivity index (χ4v) is 4.40. The number of carbonyl (C=O) groups is 1. The van der Waals surface area contributed by atoms with Gasteiger partial charge in [-0.1, -0.05) is 35.6 Å². The van der Waals surface area contributed by atoms with E-state index in [2.05, 4.69) is 10.3 Å². The first-order valence-corrected chi connectivity index (χ1v) is 9.13. The van der Waals surface area contributed by atoms with Crippen molar-refractivity contribution < 1.29 is 9.18 Å². The van der Waals surface area contributed by atoms with Crippen LogP contribution in [0, 0.1) is 5.82 Å². The van der Waals surface area contributed by atoms with Crippen molar-refractivity contribution in [1.82, 2.24) is 4.57 Å². The highest BCUT2D eigenvalue weighted by atomic mass is 32.1. The van der Waals surface area contributed by atoms with Crippen LogP contribution in [0.4, 0.5) is 15.8 Å². The number of hydrogen-bond donors (Lipinski definition) is 1. The molecule has 1 N–H and O–H groups in total. The van der Waals surface area contributed by atoms with Crippen LogP contribution in [-0.4, -0.2) is 17.1 Å². The number of nitrogens with one attached hydrogen (secondary N) is 1. The zero-order chi connectivity index (χ0) is 18.5. The molecule has 1 aromatic heterocycles. The molecule has 3 heterocycles. The van der Waals surface area contributed by atoms with Crippen LogP contribution in [0.1, 0.15) is 5.56 Å². The topological polar surface area (TPSA) is 66.7 Å². The Morgan fingerprint density at radius 2 is 1.96 bits per heavy atom. The van der Waals surface area contributed by atoms with Gasteiger partial charge in [-0.15, -0.1) is 0 Å². The van der Waals surface area contributed by atoms with Gasteiger partial charge in [-0.2, -0.15) is 0 Å². The maximum atomic E-state index is 13.5. The number of para-hydroxylation sites is 1. The molecule has 0 fully saturated rings. The van der Waals surface area contributed by atoms with Crippen LogP contribution in [0.5, 0.6) is 0 Å². The molecule has 1 amide bonds. The smallest absolute Gasteiger partial charge is 0.272 e. The Kier molecular flexibility index (Phi) is 3.48. The summed E-state index contributed by atoms with van der Waals surface area (Å²) in [5, 5.41) is 2.79. The largest absolute Gasteiger partial charge is 0.333 e. The van der Waals surface area contributed by atoms with E-state index >= 15 is 0 Å². The van der Waals surface area contributed by atoms with Crippen LogP contribution < -0.4 is 25.1 Å². The molecule has 2 aliphatic heterocycles. The Hall–Kier alpha value is -3.26. The average Bonchev–Trinajstić information content (AvgIpc) is 3.17. The molecule has 3 aromatic rings. The fourth-order valence-electron chi connectivity index (χ4n) is 3.34. The highest BCUT2D eigenvalue weighted by molar-refractivity contribution is 7.07. The minimum absolute atomic E-state index is 0.258. The van der Waals surface area contributed by atoms with E-state index in [1.54, 1.807) is 23.1 Å². The summed E-state index contributed by atoms with van der Waals surface area (Å²) >= 11 is 1.21. The zero-order valence-corrected chi connectivity index (χ0v) is 14.8. The summed E-state index contributed by atoms with van der Waals surface area (Å²) in [6.07, 6.45) is 0. The quantitative estimate of drug-likeness (QED) is 0.691. The summed E-state index contributed by atoms with van der Waals surface area (Å²) in [7, 11) is 0. The van der Waals surface area contributed by atoms with Gasteiger partial charge in [0.15, 0.2) is 4.80 Å². The lowest BCUT2D eigenvalue weighted by Gasteiger charge is -2.25. The number of halogens is 1. The van der Waals surface area contributed by atoms with Crippen LogP contribution in [0.15, 0.2) is 58.3 Å². The van der Waals surface area contributed by atoms with Gasteiger partial charge < -0.3 is 10.2 Å². The molecule has 2 aliphatic rings. The number of rotatable bonds is 1. The number of fused-ring (bicyclic) bond motifs is 2. The van der Waals surface area contributed by atoms with Gasteiger partial charge in [-0.25, -0.2) is 9.38 Å². The summed E-state index contributed by atoms with van der Waals surface area (Å²) in [6.45, 7) is 0.579. The molecule has 0 aliphatic carbocycles. The molecule has 0 bridgehead atoms. The SMILES string of the molecule is O=C1Nc2ccccc2/C1=c1\sc2n(c1=O)CN(c1cccc(F)c1)CN=2. The lowest BCUT2D eigenvalue weighted by atomic mass is 10.1. The zero-order valence-electron chi connectivity index (χ0n) is 14.0. The molecular weight excluding hydrogens is 367 g/mol. The molecule has 5 rings (SSSR count). The molecule has 8 heteroatoms. The number of hydrogen-bond acceptors (Lipinski definition) is 5. The van der Waals surface area contributed by atoms with E-state index in [1.165, 1.54) is 28.0 Å². The fraction of sp³-hybridized carbons (Fsp3) is 0.105. The Balaban J connectivity index is 1.65. The summed E-state index contributed by atoms with van der Waals surface area (Å²) in [4.78, 5) is 32.3. The Morgan fingerprint density at radius 3 is 2.81 bits per heavy atom. The van der Waals surface area contributed by atoms with Crippen LogP contribution in [0.3, 0.4) is 0 Å². The van der Waals surface area contributed by atoms with E-state index in [4.69, 9.17) is 0 Å². The number of benzene rings is 2. The molecule has 0 spiro atoms. The van der Waals surface area contributed by atoms with E-state index in [1.807, 2.05) is 18.2 Å². The molecule has 0 saturated heterocycles. The van der Waals surface area contributed by atoms with E-state index in [0.29, 0.717) is 33.0 Å². The van der Waals surface area contributed by atoms with Gasteiger partial charge in [-0.05, 0) is 24.3 Å². The normalized spacial score (nSPS) is 17.2. The van der Waals surface area contributed by atoms with E-state index in [9.17, 15) is 14.0 Å². The maximum absolute atomic E-state index is 13.5. The van der Waals surface area contributed by atoms with Crippen LogP contribution in [0.2, 0.25) is 0 Å². The minimum atomic E-state index is -0.341. The van der Waals surface area contributed by atoms with E-state index in [-0.39, 0.29) is 24.0 Å². The second-order valence-corrected chi connectivity index (χ2v) is 7.26. The Labute approximate surface area is 156 Å². The van der Waals surface area contributed by atoms with Gasteiger partial charge in [0, 0.05) is 16.9 Å². The first-order chi connectivity index (χ1) is 13.1. The van der Waals surface area contributed by atoms with Gasteiger partial charge >= 0.3 is 0 Å². The van der Waals surface area contributed by atoms with Crippen molar-refractivity contribution in [3.05, 3.63) is 79.6 Å². The van der Waals surface area contributed by atoms with Crippen molar-refractivity contribution in [1.29, 1.82) is 0 Å². The van der Waals surface area contributed by atoms with Gasteiger partial charge in [0.2, 0.25) is 0 Å². The number of carbonyl (C=O) groups excluding carboxylic acids is 1. The van der Waals surface area contributed by atoms with E-state index < -0.39 is 0 Å². The van der Waals surface area contributed by atoms with Crippen LogP contribution in [0.25, 0.3) is 5.57 Å². The van der Waals surface area contributed by atoms with Crippen molar-refractivity contribution in [2.75, 3.05) is 16.9 Å². The average molecular weight is 380 g/mol. The van der Waals surface area contributed by atoms with Gasteiger partial charge in [0.1, 0.15) is 23.7 Å². The molecular formula is C19H13FN4O2S. The molecule has 134 valence electrons. The van der Waals surface area contributed by atoms with Gasteiger partial charge in [-0.3, -0.25) is 14.2 Å². The molecule has 0 unspecified atom stereocenters. The monoisotopic (exact) mass is 380 g/mol. The number of anilines is 2.